The van der Waals surface area contributed by atoms with Crippen LogP contribution in [0.1, 0.15) is 133 Å². The Morgan fingerprint density at radius 1 is 0.419 bits per heavy atom. The largest absolute Gasteiger partial charge is 0.489 e. The summed E-state index contributed by atoms with van der Waals surface area (Å²) in [5.41, 5.74) is 6.22. The van der Waals surface area contributed by atoms with Crippen LogP contribution in [0.15, 0.2) is 72.8 Å². The number of fused-ring (bicyclic) bond motifs is 8. The smallest absolute Gasteiger partial charge is 0.416 e. The number of ether oxygens (including phenoxy) is 2. The molecule has 3 aromatic heterocycles. The van der Waals surface area contributed by atoms with E-state index >= 15 is 0 Å². The molecule has 74 heavy (non-hydrogen) atoms. The Bertz CT molecular complexity index is 3160. The molecule has 0 aliphatic carbocycles. The standard InChI is InChI=1S/C56H50F12N4O2/c1-9-40-27(5)44-22-48-42(11-3)29(7)51(71-48)50(52-30(8)43(12-4)49(72-52)23-45-28(6)41(10-2)47(70-45)24-46(40)69-44)33-17-38(73-25-31-13-34(53(57,58)59)19-35(14-31)54(60,61)62)21-39(18-33)74-26-32-15-36(55(63,64)65)20-37(16-32)56(66,67)68/h13-24,69-70H,9-12,25-26H2,1-8H3. The highest BCUT2D eigenvalue weighted by molar-refractivity contribution is 6.02. The fraction of sp³-hybridized carbons (Fsp3) is 0.321. The molecule has 0 radical (unpaired) electrons. The molecule has 2 aliphatic rings. The monoisotopic (exact) mass is 1040 g/mol. The van der Waals surface area contributed by atoms with Crippen LogP contribution in [0.5, 0.6) is 11.5 Å². The lowest BCUT2D eigenvalue weighted by atomic mass is 9.93. The first-order valence-electron chi connectivity index (χ1n) is 23.8. The molecular weight excluding hydrogens is 989 g/mol. The van der Waals surface area contributed by atoms with Crippen molar-refractivity contribution >= 4 is 44.4 Å². The maximum atomic E-state index is 14.0. The molecule has 0 spiro atoms. The Morgan fingerprint density at radius 2 is 0.770 bits per heavy atom. The molecule has 6 aromatic rings. The van der Waals surface area contributed by atoms with Gasteiger partial charge < -0.3 is 19.4 Å². The Labute approximate surface area is 418 Å². The van der Waals surface area contributed by atoms with E-state index in [2.05, 4.69) is 29.9 Å². The molecule has 390 valence electrons. The van der Waals surface area contributed by atoms with Gasteiger partial charge in [-0.05, 0) is 181 Å². The quantitative estimate of drug-likeness (QED) is 0.127. The van der Waals surface area contributed by atoms with Crippen LogP contribution in [-0.4, -0.2) is 19.9 Å². The van der Waals surface area contributed by atoms with Gasteiger partial charge in [0.25, 0.3) is 0 Å². The summed E-state index contributed by atoms with van der Waals surface area (Å²) in [6.07, 6.45) is -18.2. The molecule has 6 nitrogen and oxygen atoms in total. The number of rotatable bonds is 11. The highest BCUT2D eigenvalue weighted by Crippen LogP contribution is 2.46. The van der Waals surface area contributed by atoms with Gasteiger partial charge >= 0.3 is 24.7 Å². The van der Waals surface area contributed by atoms with Crippen LogP contribution in [0.4, 0.5) is 52.7 Å². The molecular formula is C56H50F12N4O2. The maximum absolute atomic E-state index is 14.0. The van der Waals surface area contributed by atoms with Crippen LogP contribution in [-0.2, 0) is 50.8 Å². The minimum Gasteiger partial charge on any atom is -0.489 e. The van der Waals surface area contributed by atoms with E-state index in [-0.39, 0.29) is 29.2 Å². The van der Waals surface area contributed by atoms with Crippen molar-refractivity contribution in [3.05, 3.63) is 151 Å². The van der Waals surface area contributed by atoms with Gasteiger partial charge in [-0.3, -0.25) is 0 Å². The zero-order valence-electron chi connectivity index (χ0n) is 41.4. The van der Waals surface area contributed by atoms with Gasteiger partial charge in [0.15, 0.2) is 0 Å². The molecule has 8 rings (SSSR count). The van der Waals surface area contributed by atoms with Gasteiger partial charge in [-0.25, -0.2) is 9.97 Å². The third-order valence-electron chi connectivity index (χ3n) is 13.6. The third kappa shape index (κ3) is 10.5. The van der Waals surface area contributed by atoms with E-state index in [0.717, 1.165) is 79.5 Å². The summed E-state index contributed by atoms with van der Waals surface area (Å²) in [4.78, 5) is 17.8. The zero-order chi connectivity index (χ0) is 54.0. The molecule has 0 unspecified atom stereocenters. The molecule has 0 atom stereocenters. The van der Waals surface area contributed by atoms with Gasteiger partial charge in [0.2, 0.25) is 0 Å². The predicted molar refractivity (Wildman–Crippen MR) is 262 cm³/mol. The molecule has 0 amide bonds. The van der Waals surface area contributed by atoms with E-state index in [1.807, 2.05) is 53.7 Å². The first-order chi connectivity index (χ1) is 34.6. The van der Waals surface area contributed by atoms with Gasteiger partial charge in [0.05, 0.1) is 45.0 Å². The van der Waals surface area contributed by atoms with E-state index in [4.69, 9.17) is 19.4 Å². The normalized spacial score (nSPS) is 13.6. The van der Waals surface area contributed by atoms with Gasteiger partial charge in [-0.1, -0.05) is 27.7 Å². The molecule has 2 aliphatic heterocycles. The number of nitrogens with zero attached hydrogens (tertiary/aromatic N) is 2. The molecule has 3 aromatic carbocycles. The summed E-state index contributed by atoms with van der Waals surface area (Å²) in [7, 11) is 0. The number of halogens is 12. The third-order valence-corrected chi connectivity index (χ3v) is 13.6. The molecule has 8 bridgehead atoms. The van der Waals surface area contributed by atoms with Crippen molar-refractivity contribution in [3.63, 3.8) is 0 Å². The fourth-order valence-electron chi connectivity index (χ4n) is 9.86. The van der Waals surface area contributed by atoms with Crippen LogP contribution in [0.2, 0.25) is 0 Å². The summed E-state index contributed by atoms with van der Waals surface area (Å²) >= 11 is 0. The number of alkyl halides is 12. The Balaban J connectivity index is 1.43. The van der Waals surface area contributed by atoms with Crippen molar-refractivity contribution in [2.75, 3.05) is 0 Å². The highest BCUT2D eigenvalue weighted by Gasteiger charge is 2.39. The number of aromatic nitrogens is 4. The first-order valence-corrected chi connectivity index (χ1v) is 23.8. The summed E-state index contributed by atoms with van der Waals surface area (Å²) in [5.74, 6) is -0.387. The van der Waals surface area contributed by atoms with Crippen molar-refractivity contribution in [1.82, 2.24) is 19.9 Å². The second kappa shape index (κ2) is 19.7. The number of hydrogen-bond acceptors (Lipinski definition) is 4. The summed E-state index contributed by atoms with van der Waals surface area (Å²) in [6, 6.07) is 12.1. The van der Waals surface area contributed by atoms with E-state index in [0.29, 0.717) is 65.4 Å². The van der Waals surface area contributed by atoms with Crippen molar-refractivity contribution in [3.8, 4) is 22.6 Å². The molecule has 18 heteroatoms. The number of H-pyrrole nitrogens is 2. The van der Waals surface area contributed by atoms with E-state index in [1.54, 1.807) is 0 Å². The van der Waals surface area contributed by atoms with Gasteiger partial charge in [0, 0.05) is 33.7 Å². The number of aryl methyl sites for hydroxylation is 4. The van der Waals surface area contributed by atoms with Crippen LogP contribution < -0.4 is 9.47 Å². The van der Waals surface area contributed by atoms with Gasteiger partial charge in [0.1, 0.15) is 24.7 Å². The lowest BCUT2D eigenvalue weighted by Gasteiger charge is -2.17. The summed E-state index contributed by atoms with van der Waals surface area (Å²) in [6.45, 7) is 14.2. The second-order valence-electron chi connectivity index (χ2n) is 18.3. The average molecular weight is 1040 g/mol. The topological polar surface area (TPSA) is 75.8 Å². The molecule has 2 N–H and O–H groups in total. The fourth-order valence-corrected chi connectivity index (χ4v) is 9.86. The zero-order valence-corrected chi connectivity index (χ0v) is 41.4. The number of nitrogens with one attached hydrogen (secondary N) is 2. The number of hydrogen-bond donors (Lipinski definition) is 2. The maximum Gasteiger partial charge on any atom is 0.416 e. The Kier molecular flexibility index (Phi) is 14.2. The van der Waals surface area contributed by atoms with Crippen molar-refractivity contribution in [2.24, 2.45) is 0 Å². The summed E-state index contributed by atoms with van der Waals surface area (Å²) < 4.78 is 180. The van der Waals surface area contributed by atoms with E-state index < -0.39 is 71.3 Å². The Hall–Kier alpha value is -6.98. The van der Waals surface area contributed by atoms with Crippen LogP contribution >= 0.6 is 0 Å². The summed E-state index contributed by atoms with van der Waals surface area (Å²) in [5, 5.41) is 0. The predicted octanol–water partition coefficient (Wildman–Crippen LogP) is 17.6. The van der Waals surface area contributed by atoms with Crippen LogP contribution in [0, 0.1) is 13.8 Å². The van der Waals surface area contributed by atoms with Crippen molar-refractivity contribution in [2.45, 2.75) is 119 Å². The highest BCUT2D eigenvalue weighted by atomic mass is 19.4. The van der Waals surface area contributed by atoms with Gasteiger partial charge in [-0.2, -0.15) is 52.7 Å². The van der Waals surface area contributed by atoms with Crippen LogP contribution in [0.25, 0.3) is 55.5 Å². The molecule has 0 saturated heterocycles. The van der Waals surface area contributed by atoms with Gasteiger partial charge in [-0.15, -0.1) is 0 Å². The minimum atomic E-state index is -5.16. The SMILES string of the molecule is CCC1=C(C)c2nc1cc1[nH]c(cc3[nH]c(cc4nc(c2-c2cc(OCc5cc(C(F)(F)F)cc(C(F)(F)F)c5)cc(OCc5cc(C(F)(F)F)cc(C(F)(F)F)c5)c2)C(C)=C4CC)c(C)c3CC)c(CC)c1C. The molecule has 0 fully saturated rings. The number of benzene rings is 3. The lowest BCUT2D eigenvalue weighted by Crippen LogP contribution is -2.12. The minimum absolute atomic E-state index is 0.0196. The van der Waals surface area contributed by atoms with Crippen molar-refractivity contribution in [1.29, 1.82) is 0 Å². The van der Waals surface area contributed by atoms with Crippen molar-refractivity contribution < 1.29 is 62.2 Å². The average Bonchev–Trinajstić information content (AvgIpc) is 4.00. The lowest BCUT2D eigenvalue weighted by molar-refractivity contribution is -0.144. The first kappa shape index (κ1) is 53.3. The molecule has 5 heterocycles. The number of aromatic amines is 2. The molecule has 0 saturated carbocycles. The van der Waals surface area contributed by atoms with E-state index in [9.17, 15) is 52.7 Å². The second-order valence-corrected chi connectivity index (χ2v) is 18.3. The van der Waals surface area contributed by atoms with E-state index in [1.165, 1.54) is 18.2 Å². The van der Waals surface area contributed by atoms with Crippen LogP contribution in [0.3, 0.4) is 0 Å². The number of allylic oxidation sites excluding steroid dienone is 4. The Morgan fingerprint density at radius 3 is 1.08 bits per heavy atom.